The van der Waals surface area contributed by atoms with Crippen LogP contribution in [0.4, 0.5) is 39.5 Å². The molecule has 0 aromatic rings. The van der Waals surface area contributed by atoms with Crippen LogP contribution in [-0.2, 0) is 0 Å². The molecule has 10 heteroatoms. The normalized spacial score (nSPS) is 14.4. The topological polar surface area (TPSA) is 20.2 Å². The third-order valence-electron chi connectivity index (χ3n) is 1.37. The first-order valence-corrected chi connectivity index (χ1v) is 3.17. The third kappa shape index (κ3) is 2.04. The standard InChI is InChI=1S/C6HF9O/c7-2-1-3(8,9)4(10,11)5(12,13)6(14,15)16/h16H. The molecule has 0 spiro atoms. The van der Waals surface area contributed by atoms with Gasteiger partial charge in [0.25, 0.3) is 0 Å². The van der Waals surface area contributed by atoms with Crippen molar-refractivity contribution in [1.82, 2.24) is 0 Å². The van der Waals surface area contributed by atoms with E-state index in [2.05, 4.69) is 0 Å². The maximum atomic E-state index is 12.3. The van der Waals surface area contributed by atoms with Gasteiger partial charge in [-0.05, 0) is 0 Å². The predicted octanol–water partition coefficient (Wildman–Crippen LogP) is 2.41. The highest BCUT2D eigenvalue weighted by atomic mass is 19.4. The predicted molar refractivity (Wildman–Crippen MR) is 30.9 cm³/mol. The Morgan fingerprint density at radius 1 is 0.750 bits per heavy atom. The van der Waals surface area contributed by atoms with Gasteiger partial charge in [-0.2, -0.15) is 35.1 Å². The molecule has 0 fully saturated rings. The number of rotatable bonds is 3. The summed E-state index contributed by atoms with van der Waals surface area (Å²) in [6.07, 6.45) is -6.72. The lowest BCUT2D eigenvalue weighted by molar-refractivity contribution is -0.409. The molecular formula is C6HF9O. The quantitative estimate of drug-likeness (QED) is 0.610. The van der Waals surface area contributed by atoms with Gasteiger partial charge < -0.3 is 5.11 Å². The van der Waals surface area contributed by atoms with Crippen LogP contribution < -0.4 is 0 Å². The number of halogens is 9. The van der Waals surface area contributed by atoms with Gasteiger partial charge >= 0.3 is 23.9 Å². The summed E-state index contributed by atoms with van der Waals surface area (Å²) >= 11 is 0. The summed E-state index contributed by atoms with van der Waals surface area (Å²) in [5.74, 6) is -19.9. The van der Waals surface area contributed by atoms with Gasteiger partial charge in [-0.25, -0.2) is 0 Å². The summed E-state index contributed by atoms with van der Waals surface area (Å²) in [6.45, 7) is 0. The second kappa shape index (κ2) is 3.73. The first-order chi connectivity index (χ1) is 6.81. The van der Waals surface area contributed by atoms with E-state index >= 15 is 0 Å². The fourth-order valence-electron chi connectivity index (χ4n) is 0.524. The van der Waals surface area contributed by atoms with Crippen LogP contribution in [-0.4, -0.2) is 29.0 Å². The van der Waals surface area contributed by atoms with Crippen LogP contribution in [0.15, 0.2) is 0 Å². The molecule has 0 heterocycles. The molecule has 0 rings (SSSR count). The molecule has 0 saturated heterocycles. The molecule has 0 bridgehead atoms. The van der Waals surface area contributed by atoms with Gasteiger partial charge in [0, 0.05) is 5.92 Å². The SMILES string of the molecule is OC(F)(F)C(F)(F)C(F)(F)C(F)(F)C#CF. The van der Waals surface area contributed by atoms with Crippen LogP contribution in [0, 0.1) is 12.1 Å². The Morgan fingerprint density at radius 2 is 1.12 bits per heavy atom. The van der Waals surface area contributed by atoms with E-state index < -0.39 is 23.9 Å². The van der Waals surface area contributed by atoms with Crippen molar-refractivity contribution >= 4 is 0 Å². The fraction of sp³-hybridized carbons (Fsp3) is 0.667. The average molecular weight is 260 g/mol. The highest BCUT2D eigenvalue weighted by Crippen LogP contribution is 2.51. The van der Waals surface area contributed by atoms with Gasteiger partial charge in [0.2, 0.25) is 0 Å². The average Bonchev–Trinajstić information content (AvgIpc) is 2.01. The number of aliphatic hydroxyl groups is 1. The Balaban J connectivity index is 5.58. The molecule has 0 amide bonds. The van der Waals surface area contributed by atoms with E-state index in [-0.39, 0.29) is 12.1 Å². The van der Waals surface area contributed by atoms with E-state index in [1.165, 1.54) is 0 Å². The van der Waals surface area contributed by atoms with E-state index in [0.717, 1.165) is 0 Å². The summed E-state index contributed by atoms with van der Waals surface area (Å²) in [5, 5.41) is 7.37. The molecule has 94 valence electrons. The van der Waals surface area contributed by atoms with Crippen molar-refractivity contribution < 1.29 is 44.6 Å². The van der Waals surface area contributed by atoms with Crippen molar-refractivity contribution in [3.05, 3.63) is 0 Å². The van der Waals surface area contributed by atoms with Crippen molar-refractivity contribution in [2.24, 2.45) is 0 Å². The minimum Gasteiger partial charge on any atom is -0.331 e. The van der Waals surface area contributed by atoms with Crippen LogP contribution >= 0.6 is 0 Å². The van der Waals surface area contributed by atoms with Crippen molar-refractivity contribution in [1.29, 1.82) is 0 Å². The Morgan fingerprint density at radius 3 is 1.38 bits per heavy atom. The zero-order valence-corrected chi connectivity index (χ0v) is 6.85. The molecule has 0 aromatic carbocycles. The van der Waals surface area contributed by atoms with Crippen molar-refractivity contribution in [3.63, 3.8) is 0 Å². The zero-order chi connectivity index (χ0) is 13.4. The number of hydrogen-bond donors (Lipinski definition) is 1. The monoisotopic (exact) mass is 260 g/mol. The van der Waals surface area contributed by atoms with Gasteiger partial charge in [0.1, 0.15) is 6.17 Å². The first kappa shape index (κ1) is 14.9. The highest BCUT2D eigenvalue weighted by molar-refractivity contribution is 5.16. The Labute approximate surface area is 81.8 Å². The molecule has 16 heavy (non-hydrogen) atoms. The molecule has 1 N–H and O–H groups in total. The van der Waals surface area contributed by atoms with Crippen molar-refractivity contribution in [3.8, 4) is 12.1 Å². The molecule has 0 unspecified atom stereocenters. The summed E-state index contributed by atoms with van der Waals surface area (Å²) in [5.41, 5.74) is 0. The molecule has 0 aliphatic heterocycles. The molecule has 1 nitrogen and oxygen atoms in total. The molecule has 0 aromatic heterocycles. The van der Waals surface area contributed by atoms with Gasteiger partial charge in [-0.3, -0.25) is 0 Å². The maximum absolute atomic E-state index is 12.3. The molecule has 0 aliphatic rings. The summed E-state index contributed by atoms with van der Waals surface area (Å²) in [7, 11) is 0. The first-order valence-electron chi connectivity index (χ1n) is 3.17. The smallest absolute Gasteiger partial charge is 0.331 e. The molecule has 0 radical (unpaired) electrons. The van der Waals surface area contributed by atoms with Crippen molar-refractivity contribution in [2.75, 3.05) is 0 Å². The van der Waals surface area contributed by atoms with Gasteiger partial charge in [0.05, 0.1) is 0 Å². The van der Waals surface area contributed by atoms with Crippen LogP contribution in [0.5, 0.6) is 0 Å². The molecule has 0 atom stereocenters. The van der Waals surface area contributed by atoms with E-state index in [1.54, 1.807) is 0 Å². The van der Waals surface area contributed by atoms with Crippen LogP contribution in [0.1, 0.15) is 0 Å². The van der Waals surface area contributed by atoms with Crippen LogP contribution in [0.2, 0.25) is 0 Å². The molecular weight excluding hydrogens is 259 g/mol. The third-order valence-corrected chi connectivity index (χ3v) is 1.37. The largest absolute Gasteiger partial charge is 0.423 e. The zero-order valence-electron chi connectivity index (χ0n) is 6.85. The fourth-order valence-corrected chi connectivity index (χ4v) is 0.524. The lowest BCUT2D eigenvalue weighted by atomic mass is 10.0. The number of hydrogen-bond acceptors (Lipinski definition) is 1. The Kier molecular flexibility index (Phi) is 3.47. The summed E-state index contributed by atoms with van der Waals surface area (Å²) < 4.78 is 107. The Bertz CT molecular complexity index is 317. The molecule has 0 aliphatic carbocycles. The van der Waals surface area contributed by atoms with Gasteiger partial charge in [-0.1, -0.05) is 0 Å². The van der Waals surface area contributed by atoms with E-state index in [1.807, 2.05) is 0 Å². The maximum Gasteiger partial charge on any atom is 0.423 e. The van der Waals surface area contributed by atoms with Crippen molar-refractivity contribution in [2.45, 2.75) is 23.9 Å². The van der Waals surface area contributed by atoms with Crippen LogP contribution in [0.25, 0.3) is 0 Å². The van der Waals surface area contributed by atoms with E-state index in [4.69, 9.17) is 5.11 Å². The van der Waals surface area contributed by atoms with E-state index in [0.29, 0.717) is 0 Å². The van der Waals surface area contributed by atoms with Gasteiger partial charge in [-0.15, -0.1) is 4.39 Å². The second-order valence-electron chi connectivity index (χ2n) is 2.48. The van der Waals surface area contributed by atoms with Crippen LogP contribution in [0.3, 0.4) is 0 Å². The second-order valence-corrected chi connectivity index (χ2v) is 2.48. The minimum absolute atomic E-state index is 0.284. The lowest BCUT2D eigenvalue weighted by Gasteiger charge is -2.31. The van der Waals surface area contributed by atoms with E-state index in [9.17, 15) is 39.5 Å². The summed E-state index contributed by atoms with van der Waals surface area (Å²) in [6, 6.07) is 0. The lowest BCUT2D eigenvalue weighted by Crippen LogP contribution is -2.61. The highest BCUT2D eigenvalue weighted by Gasteiger charge is 2.80. The Hall–Kier alpha value is -1.11. The minimum atomic E-state index is -6.81. The molecule has 0 saturated carbocycles. The summed E-state index contributed by atoms with van der Waals surface area (Å²) in [4.78, 5) is 0. The number of alkyl halides is 8. The van der Waals surface area contributed by atoms with Gasteiger partial charge in [0.15, 0.2) is 0 Å².